The molecule has 5 heterocycles. The number of aromatic nitrogens is 7. The first-order valence-electron chi connectivity index (χ1n) is 23.0. The van der Waals surface area contributed by atoms with Gasteiger partial charge in [0.05, 0.1) is 38.0 Å². The summed E-state index contributed by atoms with van der Waals surface area (Å²) in [6.07, 6.45) is 0. The number of benzene rings is 9. The van der Waals surface area contributed by atoms with Crippen LogP contribution in [-0.4, -0.2) is 34.1 Å². The monoisotopic (exact) mass is 899 g/mol. The van der Waals surface area contributed by atoms with Gasteiger partial charge in [-0.1, -0.05) is 194 Å². The first-order chi connectivity index (χ1) is 34.2. The van der Waals surface area contributed by atoms with E-state index in [1.165, 1.54) is 0 Å². The number of hydrogen-bond acceptors (Lipinski definition) is 6. The van der Waals surface area contributed by atoms with Gasteiger partial charge in [0.25, 0.3) is 0 Å². The minimum Gasteiger partial charge on any atom is -0.278 e. The summed E-state index contributed by atoms with van der Waals surface area (Å²) in [5, 5.41) is 6.81. The molecule has 0 saturated carbocycles. The van der Waals surface area contributed by atoms with Crippen LogP contribution in [0.4, 0.5) is 0 Å². The molecule has 5 aromatic heterocycles. The molecule has 0 aliphatic heterocycles. The Kier molecular flexibility index (Phi) is 8.93. The van der Waals surface area contributed by atoms with E-state index in [-0.39, 0.29) is 0 Å². The van der Waals surface area contributed by atoms with Crippen molar-refractivity contribution < 1.29 is 0 Å². The first kappa shape index (κ1) is 39.1. The number of para-hydroxylation sites is 2. The molecule has 0 saturated heterocycles. The van der Waals surface area contributed by atoms with Crippen molar-refractivity contribution in [1.29, 1.82) is 0 Å². The smallest absolute Gasteiger partial charge is 0.238 e. The molecule has 9 aromatic carbocycles. The Labute approximate surface area is 399 Å². The Bertz CT molecular complexity index is 4240. The quantitative estimate of drug-likeness (QED) is 0.159. The summed E-state index contributed by atoms with van der Waals surface area (Å²) in [7, 11) is 0. The van der Waals surface area contributed by atoms with Gasteiger partial charge in [-0.25, -0.2) is 15.0 Å². The summed E-state index contributed by atoms with van der Waals surface area (Å²) in [6.45, 7) is 0. The molecule has 0 amide bonds. The molecular formula is C61H37N7S. The number of rotatable bonds is 7. The van der Waals surface area contributed by atoms with Crippen LogP contribution in [0, 0.1) is 0 Å². The van der Waals surface area contributed by atoms with Crippen LogP contribution in [0.3, 0.4) is 0 Å². The molecular weight excluding hydrogens is 863 g/mol. The zero-order valence-electron chi connectivity index (χ0n) is 36.9. The largest absolute Gasteiger partial charge is 0.278 e. The lowest BCUT2D eigenvalue weighted by Gasteiger charge is -2.13. The van der Waals surface area contributed by atoms with Crippen molar-refractivity contribution in [3.63, 3.8) is 0 Å². The van der Waals surface area contributed by atoms with Gasteiger partial charge in [0, 0.05) is 48.7 Å². The summed E-state index contributed by atoms with van der Waals surface area (Å²) in [6, 6.07) is 78.6. The van der Waals surface area contributed by atoms with Crippen LogP contribution in [0.25, 0.3) is 132 Å². The van der Waals surface area contributed by atoms with E-state index in [1.54, 1.807) is 11.3 Å². The van der Waals surface area contributed by atoms with Gasteiger partial charge in [-0.05, 0) is 52.2 Å². The Morgan fingerprint density at radius 3 is 1.65 bits per heavy atom. The van der Waals surface area contributed by atoms with Gasteiger partial charge < -0.3 is 0 Å². The van der Waals surface area contributed by atoms with E-state index in [2.05, 4.69) is 173 Å². The van der Waals surface area contributed by atoms with Crippen LogP contribution < -0.4 is 0 Å². The van der Waals surface area contributed by atoms with E-state index in [9.17, 15) is 0 Å². The van der Waals surface area contributed by atoms with Gasteiger partial charge in [-0.15, -0.1) is 11.3 Å². The molecule has 8 heteroatoms. The van der Waals surface area contributed by atoms with Gasteiger partial charge in [0.1, 0.15) is 0 Å². The molecule has 0 aliphatic rings. The SMILES string of the molecule is c1ccc(-c2nc(-c3ccccc3)nc(-n3c4ccc(-c5cccc6c7ccccc7n(-c7nc(-c8ccccc8)c8sc(-c9ccccc9)cc8n7)c56)cc4c4c5ccccc5ccc43)n2)cc1. The minimum absolute atomic E-state index is 0.554. The van der Waals surface area contributed by atoms with Crippen LogP contribution in [0.5, 0.6) is 0 Å². The molecule has 0 radical (unpaired) electrons. The molecule has 0 unspecified atom stereocenters. The van der Waals surface area contributed by atoms with Crippen LogP contribution in [0.2, 0.25) is 0 Å². The first-order valence-corrected chi connectivity index (χ1v) is 23.8. The average Bonchev–Trinajstić information content (AvgIpc) is 4.12. The second kappa shape index (κ2) is 15.8. The summed E-state index contributed by atoms with van der Waals surface area (Å²) >= 11 is 1.74. The number of nitrogens with zero attached hydrogens (tertiary/aromatic N) is 7. The molecule has 0 bridgehead atoms. The van der Waals surface area contributed by atoms with Crippen molar-refractivity contribution in [2.45, 2.75) is 0 Å². The maximum absolute atomic E-state index is 5.52. The highest BCUT2D eigenvalue weighted by Gasteiger charge is 2.24. The Balaban J connectivity index is 1.03. The van der Waals surface area contributed by atoms with Crippen molar-refractivity contribution in [1.82, 2.24) is 34.1 Å². The highest BCUT2D eigenvalue weighted by molar-refractivity contribution is 7.22. The standard InChI is InChI=1S/C61H37N7S/c1-5-19-39(20-6-1)53-37-49-57(69-53)55(40-21-7-2-8-22-40)63-60(62-49)68-50-31-16-15-28-46(50)47-30-17-29-45(56(47)68)43-33-34-51-48(36-43)54-44-27-14-13-18-38(44)32-35-52(54)67(51)61-65-58(41-23-9-3-10-24-41)64-59(66-61)42-25-11-4-12-26-42/h1-37H. The highest BCUT2D eigenvalue weighted by Crippen LogP contribution is 2.44. The Morgan fingerprint density at radius 1 is 0.348 bits per heavy atom. The van der Waals surface area contributed by atoms with E-state index < -0.39 is 0 Å². The van der Waals surface area contributed by atoms with Crippen molar-refractivity contribution in [2.75, 3.05) is 0 Å². The van der Waals surface area contributed by atoms with E-state index >= 15 is 0 Å². The second-order valence-corrected chi connectivity index (χ2v) is 18.3. The highest BCUT2D eigenvalue weighted by atomic mass is 32.1. The van der Waals surface area contributed by atoms with Crippen molar-refractivity contribution in [3.05, 3.63) is 224 Å². The molecule has 0 atom stereocenters. The third-order valence-corrected chi connectivity index (χ3v) is 14.4. The minimum atomic E-state index is 0.554. The Morgan fingerprint density at radius 2 is 0.928 bits per heavy atom. The third-order valence-electron chi connectivity index (χ3n) is 13.2. The van der Waals surface area contributed by atoms with Crippen LogP contribution >= 0.6 is 11.3 Å². The number of fused-ring (bicyclic) bond motifs is 9. The van der Waals surface area contributed by atoms with E-state index in [0.29, 0.717) is 23.5 Å². The van der Waals surface area contributed by atoms with Gasteiger partial charge in [-0.3, -0.25) is 9.13 Å². The molecule has 0 aliphatic carbocycles. The fourth-order valence-corrected chi connectivity index (χ4v) is 11.2. The fourth-order valence-electron chi connectivity index (χ4n) is 10.1. The Hall–Kier alpha value is -9.11. The lowest BCUT2D eigenvalue weighted by atomic mass is 9.98. The maximum Gasteiger partial charge on any atom is 0.238 e. The summed E-state index contributed by atoms with van der Waals surface area (Å²) in [5.41, 5.74) is 12.1. The topological polar surface area (TPSA) is 74.3 Å². The molecule has 69 heavy (non-hydrogen) atoms. The number of hydrogen-bond donors (Lipinski definition) is 0. The van der Waals surface area contributed by atoms with Gasteiger partial charge in [0.15, 0.2) is 11.6 Å². The zero-order valence-corrected chi connectivity index (χ0v) is 37.7. The maximum atomic E-state index is 5.52. The van der Waals surface area contributed by atoms with Crippen LogP contribution in [0.1, 0.15) is 0 Å². The third kappa shape index (κ3) is 6.38. The summed E-state index contributed by atoms with van der Waals surface area (Å²) < 4.78 is 5.54. The lowest BCUT2D eigenvalue weighted by Crippen LogP contribution is -2.06. The van der Waals surface area contributed by atoms with Gasteiger partial charge >= 0.3 is 0 Å². The molecule has 0 spiro atoms. The molecule has 7 nitrogen and oxygen atoms in total. The molecule has 322 valence electrons. The predicted molar refractivity (Wildman–Crippen MR) is 284 cm³/mol. The average molecular weight is 900 g/mol. The fraction of sp³-hybridized carbons (Fsp3) is 0. The van der Waals surface area contributed by atoms with E-state index in [0.717, 1.165) is 109 Å². The molecule has 0 fully saturated rings. The number of thiophene rings is 1. The molecule has 0 N–H and O–H groups in total. The van der Waals surface area contributed by atoms with Crippen molar-refractivity contribution >= 4 is 75.9 Å². The van der Waals surface area contributed by atoms with Crippen LogP contribution in [0.15, 0.2) is 224 Å². The summed E-state index contributed by atoms with van der Waals surface area (Å²) in [4.78, 5) is 27.6. The summed E-state index contributed by atoms with van der Waals surface area (Å²) in [5.74, 6) is 2.40. The van der Waals surface area contributed by atoms with Crippen molar-refractivity contribution in [2.24, 2.45) is 0 Å². The predicted octanol–water partition coefficient (Wildman–Crippen LogP) is 15.6. The molecule has 14 rings (SSSR count). The van der Waals surface area contributed by atoms with E-state index in [4.69, 9.17) is 24.9 Å². The molecule has 14 aromatic rings. The normalized spacial score (nSPS) is 11.8. The van der Waals surface area contributed by atoms with Crippen molar-refractivity contribution in [3.8, 4) is 67.5 Å². The van der Waals surface area contributed by atoms with E-state index in [1.807, 2.05) is 60.7 Å². The van der Waals surface area contributed by atoms with Gasteiger partial charge in [-0.2, -0.15) is 9.97 Å². The lowest BCUT2D eigenvalue weighted by molar-refractivity contribution is 0.953. The van der Waals surface area contributed by atoms with Gasteiger partial charge in [0.2, 0.25) is 11.9 Å². The zero-order chi connectivity index (χ0) is 45.4. The second-order valence-electron chi connectivity index (χ2n) is 17.2. The van der Waals surface area contributed by atoms with Crippen LogP contribution in [-0.2, 0) is 0 Å².